The molecular weight excluding hydrogens is 240 g/mol. The fraction of sp³-hybridized carbons (Fsp3) is 0.333. The maximum Gasteiger partial charge on any atom is 0.275 e. The second kappa shape index (κ2) is 6.24. The van der Waals surface area contributed by atoms with Crippen LogP contribution < -0.4 is 5.32 Å². The molecule has 1 N–H and O–H groups in total. The van der Waals surface area contributed by atoms with Crippen LogP contribution in [0.5, 0.6) is 0 Å². The minimum absolute atomic E-state index is 0.0258. The topological polar surface area (TPSA) is 55.2 Å². The molecule has 1 aromatic carbocycles. The van der Waals surface area contributed by atoms with E-state index < -0.39 is 4.92 Å². The molecule has 0 amide bonds. The van der Waals surface area contributed by atoms with Gasteiger partial charge in [-0.05, 0) is 13.0 Å². The van der Waals surface area contributed by atoms with Gasteiger partial charge in [-0.15, -0.1) is 12.3 Å². The predicted octanol–water partition coefficient (Wildman–Crippen LogP) is 2.75. The summed E-state index contributed by atoms with van der Waals surface area (Å²) in [6.45, 7) is 2.25. The van der Waals surface area contributed by atoms with Gasteiger partial charge in [0.2, 0.25) is 0 Å². The van der Waals surface area contributed by atoms with Crippen molar-refractivity contribution in [1.29, 1.82) is 0 Å². The van der Waals surface area contributed by atoms with Crippen molar-refractivity contribution in [1.82, 2.24) is 5.32 Å². The molecule has 4 nitrogen and oxygen atoms in total. The normalized spacial score (nSPS) is 11.8. The Morgan fingerprint density at radius 1 is 1.65 bits per heavy atom. The highest BCUT2D eigenvalue weighted by Crippen LogP contribution is 2.25. The molecule has 5 heteroatoms. The summed E-state index contributed by atoms with van der Waals surface area (Å²) in [6.07, 6.45) is 5.75. The zero-order chi connectivity index (χ0) is 12.8. The zero-order valence-corrected chi connectivity index (χ0v) is 10.2. The van der Waals surface area contributed by atoms with Crippen molar-refractivity contribution in [2.45, 2.75) is 25.9 Å². The first-order valence-electron chi connectivity index (χ1n) is 5.15. The van der Waals surface area contributed by atoms with E-state index in [-0.39, 0.29) is 11.7 Å². The van der Waals surface area contributed by atoms with Crippen LogP contribution in [0.15, 0.2) is 18.2 Å². The molecule has 0 fully saturated rings. The van der Waals surface area contributed by atoms with Crippen LogP contribution in [0.2, 0.25) is 5.02 Å². The van der Waals surface area contributed by atoms with Gasteiger partial charge in [-0.25, -0.2) is 0 Å². The first-order valence-corrected chi connectivity index (χ1v) is 5.52. The van der Waals surface area contributed by atoms with Crippen molar-refractivity contribution in [3.8, 4) is 12.3 Å². The minimum atomic E-state index is -0.436. The second-order valence-corrected chi connectivity index (χ2v) is 4.09. The lowest BCUT2D eigenvalue weighted by molar-refractivity contribution is -0.385. The van der Waals surface area contributed by atoms with Crippen LogP contribution in [-0.2, 0) is 6.54 Å². The molecule has 0 aromatic heterocycles. The van der Waals surface area contributed by atoms with Crippen molar-refractivity contribution in [3.05, 3.63) is 38.9 Å². The van der Waals surface area contributed by atoms with Gasteiger partial charge in [0, 0.05) is 25.1 Å². The molecule has 17 heavy (non-hydrogen) atoms. The molecule has 1 atom stereocenters. The number of nitrogens with zero attached hydrogens (tertiary/aromatic N) is 1. The SMILES string of the molecule is C#CCC(C)NCc1c(Cl)cccc1[N+](=O)[O-]. The van der Waals surface area contributed by atoms with Crippen LogP contribution >= 0.6 is 11.6 Å². The fourth-order valence-electron chi connectivity index (χ4n) is 1.42. The first kappa shape index (κ1) is 13.5. The van der Waals surface area contributed by atoms with Crippen LogP contribution in [0.1, 0.15) is 18.9 Å². The van der Waals surface area contributed by atoms with Gasteiger partial charge in [0.1, 0.15) is 0 Å². The van der Waals surface area contributed by atoms with Gasteiger partial charge < -0.3 is 5.32 Å². The largest absolute Gasteiger partial charge is 0.309 e. The Balaban J connectivity index is 2.83. The number of rotatable bonds is 5. The zero-order valence-electron chi connectivity index (χ0n) is 9.44. The summed E-state index contributed by atoms with van der Waals surface area (Å²) in [6, 6.07) is 4.73. The molecule has 1 aromatic rings. The fourth-order valence-corrected chi connectivity index (χ4v) is 1.65. The van der Waals surface area contributed by atoms with E-state index in [1.165, 1.54) is 6.07 Å². The number of nitrogens with one attached hydrogen (secondary N) is 1. The first-order chi connectivity index (χ1) is 8.06. The van der Waals surface area contributed by atoms with E-state index in [0.29, 0.717) is 23.6 Å². The lowest BCUT2D eigenvalue weighted by Gasteiger charge is -2.11. The summed E-state index contributed by atoms with van der Waals surface area (Å²) in [5, 5.41) is 14.3. The highest BCUT2D eigenvalue weighted by Gasteiger charge is 2.16. The molecule has 0 radical (unpaired) electrons. The summed E-state index contributed by atoms with van der Waals surface area (Å²) in [4.78, 5) is 10.4. The van der Waals surface area contributed by atoms with Crippen molar-refractivity contribution in [2.75, 3.05) is 0 Å². The van der Waals surface area contributed by atoms with Crippen LogP contribution in [0, 0.1) is 22.5 Å². The Labute approximate surface area is 105 Å². The monoisotopic (exact) mass is 252 g/mol. The van der Waals surface area contributed by atoms with Crippen LogP contribution in [0.3, 0.4) is 0 Å². The molecule has 1 unspecified atom stereocenters. The number of benzene rings is 1. The third kappa shape index (κ3) is 3.74. The second-order valence-electron chi connectivity index (χ2n) is 3.68. The number of halogens is 1. The van der Waals surface area contributed by atoms with Gasteiger partial charge in [-0.2, -0.15) is 0 Å². The van der Waals surface area contributed by atoms with Crippen molar-refractivity contribution >= 4 is 17.3 Å². The minimum Gasteiger partial charge on any atom is -0.309 e. The average Bonchev–Trinajstić information content (AvgIpc) is 2.27. The van der Waals surface area contributed by atoms with Crippen molar-refractivity contribution in [3.63, 3.8) is 0 Å². The summed E-state index contributed by atoms with van der Waals surface area (Å²) in [7, 11) is 0. The molecule has 90 valence electrons. The molecule has 0 aliphatic heterocycles. The quantitative estimate of drug-likeness (QED) is 0.498. The number of hydrogen-bond donors (Lipinski definition) is 1. The smallest absolute Gasteiger partial charge is 0.275 e. The van der Waals surface area contributed by atoms with Crippen LogP contribution in [-0.4, -0.2) is 11.0 Å². The van der Waals surface area contributed by atoms with Gasteiger partial charge in [0.25, 0.3) is 5.69 Å². The lowest BCUT2D eigenvalue weighted by atomic mass is 10.1. The number of nitro benzene ring substituents is 1. The molecule has 0 aliphatic carbocycles. The van der Waals surface area contributed by atoms with E-state index in [1.807, 2.05) is 6.92 Å². The van der Waals surface area contributed by atoms with E-state index in [9.17, 15) is 10.1 Å². The van der Waals surface area contributed by atoms with Gasteiger partial charge >= 0.3 is 0 Å². The van der Waals surface area contributed by atoms with E-state index in [2.05, 4.69) is 11.2 Å². The lowest BCUT2D eigenvalue weighted by Crippen LogP contribution is -2.25. The van der Waals surface area contributed by atoms with E-state index >= 15 is 0 Å². The van der Waals surface area contributed by atoms with Gasteiger partial charge in [0.15, 0.2) is 0 Å². The third-order valence-corrected chi connectivity index (χ3v) is 2.70. The van der Waals surface area contributed by atoms with E-state index in [0.717, 1.165) is 0 Å². The highest BCUT2D eigenvalue weighted by molar-refractivity contribution is 6.31. The van der Waals surface area contributed by atoms with Crippen LogP contribution in [0.4, 0.5) is 5.69 Å². The third-order valence-electron chi connectivity index (χ3n) is 2.34. The molecule has 0 aliphatic rings. The predicted molar refractivity (Wildman–Crippen MR) is 67.9 cm³/mol. The summed E-state index contributed by atoms with van der Waals surface area (Å²) in [5.74, 6) is 2.53. The molecule has 0 bridgehead atoms. The summed E-state index contributed by atoms with van der Waals surface area (Å²) in [5.41, 5.74) is 0.515. The number of terminal acetylenes is 1. The van der Waals surface area contributed by atoms with Gasteiger partial charge in [-0.3, -0.25) is 10.1 Å². The Bertz CT molecular complexity index is 454. The van der Waals surface area contributed by atoms with Crippen LogP contribution in [0.25, 0.3) is 0 Å². The summed E-state index contributed by atoms with van der Waals surface area (Å²) >= 11 is 5.95. The van der Waals surface area contributed by atoms with E-state index in [4.69, 9.17) is 18.0 Å². The molecule has 0 saturated carbocycles. The number of hydrogen-bond acceptors (Lipinski definition) is 3. The molecule has 0 spiro atoms. The maximum atomic E-state index is 10.8. The standard InChI is InChI=1S/C12H13ClN2O2/c1-3-5-9(2)14-8-10-11(13)6-4-7-12(10)15(16)17/h1,4,6-7,9,14H,5,8H2,2H3. The highest BCUT2D eigenvalue weighted by atomic mass is 35.5. The van der Waals surface area contributed by atoms with Crippen molar-refractivity contribution in [2.24, 2.45) is 0 Å². The number of nitro groups is 1. The molecule has 0 heterocycles. The average molecular weight is 253 g/mol. The Hall–Kier alpha value is -1.57. The maximum absolute atomic E-state index is 10.8. The summed E-state index contributed by atoms with van der Waals surface area (Å²) < 4.78 is 0. The molecular formula is C12H13ClN2O2. The molecule has 0 saturated heterocycles. The molecule has 1 rings (SSSR count). The van der Waals surface area contributed by atoms with Gasteiger partial charge in [0.05, 0.1) is 15.5 Å². The Morgan fingerprint density at radius 3 is 2.94 bits per heavy atom. The van der Waals surface area contributed by atoms with E-state index in [1.54, 1.807) is 12.1 Å². The Kier molecular flexibility index (Phi) is 4.95. The van der Waals surface area contributed by atoms with Crippen molar-refractivity contribution < 1.29 is 4.92 Å². The Morgan fingerprint density at radius 2 is 2.35 bits per heavy atom. The van der Waals surface area contributed by atoms with Gasteiger partial charge in [-0.1, -0.05) is 17.7 Å².